The normalized spacial score (nSPS) is 12.6. The van der Waals surface area contributed by atoms with Crippen molar-refractivity contribution in [3.63, 3.8) is 0 Å². The molecule has 0 aliphatic carbocycles. The molecule has 0 aliphatic rings. The molecule has 1 unspecified atom stereocenters. The van der Waals surface area contributed by atoms with Gasteiger partial charge in [0.15, 0.2) is 0 Å². The third-order valence-electron chi connectivity index (χ3n) is 1.31. The van der Waals surface area contributed by atoms with E-state index in [0.717, 1.165) is 6.42 Å². The summed E-state index contributed by atoms with van der Waals surface area (Å²) in [6.07, 6.45) is 0.924. The van der Waals surface area contributed by atoms with Crippen molar-refractivity contribution in [1.82, 2.24) is 5.32 Å². The van der Waals surface area contributed by atoms with Crippen LogP contribution in [-0.2, 0) is 9.53 Å². The fourth-order valence-corrected chi connectivity index (χ4v) is 0.683. The zero-order valence-electron chi connectivity index (χ0n) is 6.96. The Bertz CT molecular complexity index is 116. The van der Waals surface area contributed by atoms with Crippen molar-refractivity contribution < 1.29 is 14.6 Å². The lowest BCUT2D eigenvalue weighted by Gasteiger charge is -2.12. The second-order valence-electron chi connectivity index (χ2n) is 2.21. The molecular formula is C7H15NO3. The first-order valence-corrected chi connectivity index (χ1v) is 3.68. The molecule has 1 atom stereocenters. The minimum Gasteiger partial charge on any atom is -0.468 e. The van der Waals surface area contributed by atoms with E-state index >= 15 is 0 Å². The van der Waals surface area contributed by atoms with Gasteiger partial charge in [-0.15, -0.1) is 0 Å². The Morgan fingerprint density at radius 1 is 1.73 bits per heavy atom. The number of methoxy groups -OCH3 is 1. The number of nitrogens with one attached hydrogen (secondary N) is 1. The highest BCUT2D eigenvalue weighted by Crippen LogP contribution is 1.86. The molecule has 4 heteroatoms. The highest BCUT2D eigenvalue weighted by molar-refractivity contribution is 5.75. The molecule has 0 aromatic carbocycles. The van der Waals surface area contributed by atoms with Crippen LogP contribution in [0.5, 0.6) is 0 Å². The Balaban J connectivity index is 3.65. The smallest absolute Gasteiger partial charge is 0.325 e. The van der Waals surface area contributed by atoms with Gasteiger partial charge in [0, 0.05) is 0 Å². The number of esters is 1. The molecule has 0 aromatic heterocycles. The lowest BCUT2D eigenvalue weighted by atomic mass is 10.3. The molecule has 0 bridgehead atoms. The van der Waals surface area contributed by atoms with Gasteiger partial charge < -0.3 is 15.2 Å². The number of carbonyl (C=O) groups excluding carboxylic acids is 1. The summed E-state index contributed by atoms with van der Waals surface area (Å²) >= 11 is 0. The third kappa shape index (κ3) is 3.95. The van der Waals surface area contributed by atoms with Crippen LogP contribution in [0.4, 0.5) is 0 Å². The van der Waals surface area contributed by atoms with E-state index in [1.807, 2.05) is 6.92 Å². The summed E-state index contributed by atoms with van der Waals surface area (Å²) in [4.78, 5) is 10.8. The van der Waals surface area contributed by atoms with Crippen LogP contribution >= 0.6 is 0 Å². The second-order valence-corrected chi connectivity index (χ2v) is 2.21. The van der Waals surface area contributed by atoms with Gasteiger partial charge in [-0.1, -0.05) is 6.92 Å². The van der Waals surface area contributed by atoms with E-state index in [9.17, 15) is 4.79 Å². The molecule has 2 N–H and O–H groups in total. The number of ether oxygens (including phenoxy) is 1. The van der Waals surface area contributed by atoms with Crippen LogP contribution in [0, 0.1) is 0 Å². The molecule has 0 radical (unpaired) electrons. The summed E-state index contributed by atoms with van der Waals surface area (Å²) < 4.78 is 4.44. The maximum Gasteiger partial charge on any atom is 0.325 e. The van der Waals surface area contributed by atoms with E-state index < -0.39 is 12.0 Å². The van der Waals surface area contributed by atoms with Crippen LogP contribution in [0.2, 0.25) is 0 Å². The summed E-state index contributed by atoms with van der Waals surface area (Å²) in [6.45, 7) is 2.48. The topological polar surface area (TPSA) is 58.6 Å². The van der Waals surface area contributed by atoms with Gasteiger partial charge in [0.05, 0.1) is 13.7 Å². The summed E-state index contributed by atoms with van der Waals surface area (Å²) in [5.74, 6) is -0.416. The number of carbonyl (C=O) groups is 1. The first-order chi connectivity index (χ1) is 5.26. The SMILES string of the molecule is CCCNC(CO)C(=O)OC. The maximum absolute atomic E-state index is 10.8. The highest BCUT2D eigenvalue weighted by atomic mass is 16.5. The summed E-state index contributed by atoms with van der Waals surface area (Å²) in [5, 5.41) is 11.5. The molecule has 11 heavy (non-hydrogen) atoms. The van der Waals surface area contributed by atoms with E-state index in [1.54, 1.807) is 0 Å². The van der Waals surface area contributed by atoms with Crippen molar-refractivity contribution in [3.05, 3.63) is 0 Å². The first kappa shape index (κ1) is 10.4. The summed E-state index contributed by atoms with van der Waals surface area (Å²) in [7, 11) is 1.30. The van der Waals surface area contributed by atoms with Crippen molar-refractivity contribution in [1.29, 1.82) is 0 Å². The van der Waals surface area contributed by atoms with Crippen molar-refractivity contribution in [3.8, 4) is 0 Å². The molecule has 0 aliphatic heterocycles. The number of aliphatic hydroxyl groups is 1. The van der Waals surface area contributed by atoms with E-state index in [1.165, 1.54) is 7.11 Å². The second kappa shape index (κ2) is 6.12. The van der Waals surface area contributed by atoms with Crippen molar-refractivity contribution in [2.45, 2.75) is 19.4 Å². The quantitative estimate of drug-likeness (QED) is 0.535. The Hall–Kier alpha value is -0.610. The maximum atomic E-state index is 10.8. The fourth-order valence-electron chi connectivity index (χ4n) is 0.683. The Labute approximate surface area is 66.5 Å². The standard InChI is InChI=1S/C7H15NO3/c1-3-4-8-6(5-9)7(10)11-2/h6,8-9H,3-5H2,1-2H3. The Kier molecular flexibility index (Phi) is 5.78. The van der Waals surface area contributed by atoms with E-state index in [0.29, 0.717) is 6.54 Å². The lowest BCUT2D eigenvalue weighted by Crippen LogP contribution is -2.40. The van der Waals surface area contributed by atoms with Crippen LogP contribution in [0.1, 0.15) is 13.3 Å². The predicted octanol–water partition coefficient (Wildman–Crippen LogP) is -0.480. The van der Waals surface area contributed by atoms with Gasteiger partial charge in [-0.25, -0.2) is 0 Å². The number of rotatable bonds is 5. The molecule has 0 fully saturated rings. The average Bonchev–Trinajstić information content (AvgIpc) is 2.05. The van der Waals surface area contributed by atoms with E-state index in [-0.39, 0.29) is 6.61 Å². The predicted molar refractivity (Wildman–Crippen MR) is 41.2 cm³/mol. The molecule has 66 valence electrons. The zero-order valence-corrected chi connectivity index (χ0v) is 6.96. The van der Waals surface area contributed by atoms with Gasteiger partial charge in [0.2, 0.25) is 0 Å². The molecule has 0 saturated carbocycles. The van der Waals surface area contributed by atoms with Gasteiger partial charge in [0.25, 0.3) is 0 Å². The zero-order chi connectivity index (χ0) is 8.69. The van der Waals surface area contributed by atoms with Gasteiger partial charge in [-0.2, -0.15) is 0 Å². The minimum atomic E-state index is -0.569. The van der Waals surface area contributed by atoms with Crippen molar-refractivity contribution in [2.75, 3.05) is 20.3 Å². The number of hydrogen-bond acceptors (Lipinski definition) is 4. The molecule has 0 amide bonds. The number of hydrogen-bond donors (Lipinski definition) is 2. The largest absolute Gasteiger partial charge is 0.468 e. The highest BCUT2D eigenvalue weighted by Gasteiger charge is 2.15. The lowest BCUT2D eigenvalue weighted by molar-refractivity contribution is -0.144. The van der Waals surface area contributed by atoms with Gasteiger partial charge in [-0.3, -0.25) is 4.79 Å². The number of aliphatic hydroxyl groups excluding tert-OH is 1. The Morgan fingerprint density at radius 3 is 2.73 bits per heavy atom. The van der Waals surface area contributed by atoms with Crippen molar-refractivity contribution in [2.24, 2.45) is 0 Å². The Morgan fingerprint density at radius 2 is 2.36 bits per heavy atom. The first-order valence-electron chi connectivity index (χ1n) is 3.68. The van der Waals surface area contributed by atoms with Crippen LogP contribution in [-0.4, -0.2) is 37.4 Å². The van der Waals surface area contributed by atoms with Crippen LogP contribution < -0.4 is 5.32 Å². The van der Waals surface area contributed by atoms with Crippen LogP contribution in [0.25, 0.3) is 0 Å². The summed E-state index contributed by atoms with van der Waals surface area (Å²) in [6, 6.07) is -0.569. The third-order valence-corrected chi connectivity index (χ3v) is 1.31. The van der Waals surface area contributed by atoms with Crippen molar-refractivity contribution >= 4 is 5.97 Å². The molecule has 0 rings (SSSR count). The minimum absolute atomic E-state index is 0.216. The van der Waals surface area contributed by atoms with Gasteiger partial charge in [0.1, 0.15) is 6.04 Å². The molecule has 0 aromatic rings. The molecule has 0 spiro atoms. The van der Waals surface area contributed by atoms with E-state index in [4.69, 9.17) is 5.11 Å². The molecule has 0 heterocycles. The van der Waals surface area contributed by atoms with E-state index in [2.05, 4.69) is 10.1 Å². The van der Waals surface area contributed by atoms with Gasteiger partial charge >= 0.3 is 5.97 Å². The van der Waals surface area contributed by atoms with Crippen LogP contribution in [0.15, 0.2) is 0 Å². The van der Waals surface area contributed by atoms with Crippen LogP contribution in [0.3, 0.4) is 0 Å². The molecule has 4 nitrogen and oxygen atoms in total. The average molecular weight is 161 g/mol. The fraction of sp³-hybridized carbons (Fsp3) is 0.857. The monoisotopic (exact) mass is 161 g/mol. The van der Waals surface area contributed by atoms with Gasteiger partial charge in [-0.05, 0) is 13.0 Å². The molecule has 0 saturated heterocycles. The molecular weight excluding hydrogens is 146 g/mol. The summed E-state index contributed by atoms with van der Waals surface area (Å²) in [5.41, 5.74) is 0.